The van der Waals surface area contributed by atoms with Gasteiger partial charge in [-0.3, -0.25) is 9.59 Å². The highest BCUT2D eigenvalue weighted by Crippen LogP contribution is 2.21. The molecule has 2 aromatic rings. The van der Waals surface area contributed by atoms with Crippen LogP contribution in [0, 0.1) is 5.82 Å². The van der Waals surface area contributed by atoms with Gasteiger partial charge in [-0.1, -0.05) is 23.7 Å². The fraction of sp³-hybridized carbons (Fsp3) is 0.222. The molecule has 1 fully saturated rings. The van der Waals surface area contributed by atoms with Gasteiger partial charge in [0.15, 0.2) is 0 Å². The summed E-state index contributed by atoms with van der Waals surface area (Å²) < 4.78 is 19.2. The van der Waals surface area contributed by atoms with Crippen LogP contribution in [0.1, 0.15) is 20.7 Å². The van der Waals surface area contributed by atoms with Gasteiger partial charge in [0.2, 0.25) is 0 Å². The molecule has 0 saturated carbocycles. The van der Waals surface area contributed by atoms with Crippen molar-refractivity contribution < 1.29 is 18.7 Å². The molecular weight excluding hydrogens is 347 g/mol. The summed E-state index contributed by atoms with van der Waals surface area (Å²) in [4.78, 5) is 26.7. The lowest BCUT2D eigenvalue weighted by Crippen LogP contribution is -2.41. The Bertz CT molecular complexity index is 807. The summed E-state index contributed by atoms with van der Waals surface area (Å²) in [5, 5.41) is 2.81. The number of para-hydroxylation sites is 1. The minimum atomic E-state index is -0.720. The van der Waals surface area contributed by atoms with E-state index in [1.165, 1.54) is 12.1 Å². The number of hydrogen-bond acceptors (Lipinski definition) is 3. The highest BCUT2D eigenvalue weighted by molar-refractivity contribution is 6.30. The number of amides is 2. The van der Waals surface area contributed by atoms with Gasteiger partial charge in [-0.15, -0.1) is 0 Å². The van der Waals surface area contributed by atoms with E-state index in [0.29, 0.717) is 37.6 Å². The SMILES string of the molecule is O=C(Nc1ccccc1C(=O)N1CCOCC1)c1ccc(Cl)cc1F. The number of carbonyl (C=O) groups excluding carboxylic acids is 2. The molecule has 130 valence electrons. The van der Waals surface area contributed by atoms with Crippen LogP contribution in [0.15, 0.2) is 42.5 Å². The van der Waals surface area contributed by atoms with Crippen LogP contribution >= 0.6 is 11.6 Å². The Morgan fingerprint density at radius 3 is 2.52 bits per heavy atom. The van der Waals surface area contributed by atoms with E-state index in [1.807, 2.05) is 0 Å². The van der Waals surface area contributed by atoms with Crippen molar-refractivity contribution in [2.45, 2.75) is 0 Å². The number of anilines is 1. The normalized spacial score (nSPS) is 14.2. The van der Waals surface area contributed by atoms with E-state index in [0.717, 1.165) is 6.07 Å². The Hall–Kier alpha value is -2.44. The quantitative estimate of drug-likeness (QED) is 0.912. The van der Waals surface area contributed by atoms with Crippen LogP contribution in [0.3, 0.4) is 0 Å². The Morgan fingerprint density at radius 2 is 1.80 bits per heavy atom. The molecule has 1 aliphatic heterocycles. The summed E-state index contributed by atoms with van der Waals surface area (Å²) >= 11 is 5.70. The molecule has 0 unspecified atom stereocenters. The smallest absolute Gasteiger partial charge is 0.258 e. The minimum absolute atomic E-state index is 0.141. The molecule has 3 rings (SSSR count). The van der Waals surface area contributed by atoms with E-state index in [9.17, 15) is 14.0 Å². The summed E-state index contributed by atoms with van der Waals surface area (Å²) in [6.45, 7) is 1.95. The van der Waals surface area contributed by atoms with Crippen molar-refractivity contribution in [3.8, 4) is 0 Å². The van der Waals surface area contributed by atoms with Crippen LogP contribution < -0.4 is 5.32 Å². The van der Waals surface area contributed by atoms with E-state index < -0.39 is 11.7 Å². The van der Waals surface area contributed by atoms with E-state index in [-0.39, 0.29) is 16.5 Å². The highest BCUT2D eigenvalue weighted by atomic mass is 35.5. The van der Waals surface area contributed by atoms with Gasteiger partial charge in [-0.2, -0.15) is 0 Å². The van der Waals surface area contributed by atoms with Crippen molar-refractivity contribution in [3.05, 3.63) is 64.4 Å². The summed E-state index contributed by atoms with van der Waals surface area (Å²) in [7, 11) is 0. The first-order valence-electron chi connectivity index (χ1n) is 7.79. The number of nitrogens with one attached hydrogen (secondary N) is 1. The molecule has 1 heterocycles. The molecule has 0 bridgehead atoms. The first kappa shape index (κ1) is 17.4. The second-order valence-electron chi connectivity index (χ2n) is 5.53. The number of rotatable bonds is 3. The van der Waals surface area contributed by atoms with Crippen LogP contribution in [-0.4, -0.2) is 43.0 Å². The third-order valence-corrected chi connectivity index (χ3v) is 4.11. The Labute approximate surface area is 149 Å². The van der Waals surface area contributed by atoms with Crippen LogP contribution in [0.25, 0.3) is 0 Å². The van der Waals surface area contributed by atoms with Crippen LogP contribution in [0.2, 0.25) is 5.02 Å². The predicted molar refractivity (Wildman–Crippen MR) is 92.5 cm³/mol. The first-order chi connectivity index (χ1) is 12.1. The third-order valence-electron chi connectivity index (χ3n) is 3.88. The maximum Gasteiger partial charge on any atom is 0.258 e. The van der Waals surface area contributed by atoms with Gasteiger partial charge in [0.05, 0.1) is 30.0 Å². The van der Waals surface area contributed by atoms with Crippen molar-refractivity contribution in [1.82, 2.24) is 4.90 Å². The van der Waals surface area contributed by atoms with Crippen molar-refractivity contribution >= 4 is 29.1 Å². The van der Waals surface area contributed by atoms with E-state index in [1.54, 1.807) is 29.2 Å². The fourth-order valence-electron chi connectivity index (χ4n) is 2.58. The zero-order valence-corrected chi connectivity index (χ0v) is 14.1. The lowest BCUT2D eigenvalue weighted by atomic mass is 10.1. The zero-order valence-electron chi connectivity index (χ0n) is 13.3. The van der Waals surface area contributed by atoms with Crippen LogP contribution in [0.5, 0.6) is 0 Å². The maximum atomic E-state index is 13.9. The number of carbonyl (C=O) groups is 2. The second-order valence-corrected chi connectivity index (χ2v) is 5.96. The lowest BCUT2D eigenvalue weighted by Gasteiger charge is -2.27. The molecule has 2 aromatic carbocycles. The molecule has 0 aliphatic carbocycles. The van der Waals surface area contributed by atoms with Crippen molar-refractivity contribution in [1.29, 1.82) is 0 Å². The Kier molecular flexibility index (Phi) is 5.31. The summed E-state index contributed by atoms with van der Waals surface area (Å²) in [6.07, 6.45) is 0. The molecule has 0 atom stereocenters. The molecule has 1 saturated heterocycles. The molecule has 5 nitrogen and oxygen atoms in total. The van der Waals surface area contributed by atoms with Gasteiger partial charge in [0, 0.05) is 18.1 Å². The lowest BCUT2D eigenvalue weighted by molar-refractivity contribution is 0.0303. The zero-order chi connectivity index (χ0) is 17.8. The molecule has 0 aromatic heterocycles. The van der Waals surface area contributed by atoms with Gasteiger partial charge in [-0.25, -0.2) is 4.39 Å². The van der Waals surface area contributed by atoms with Gasteiger partial charge < -0.3 is 15.0 Å². The fourth-order valence-corrected chi connectivity index (χ4v) is 2.74. The van der Waals surface area contributed by atoms with Crippen molar-refractivity contribution in [3.63, 3.8) is 0 Å². The molecule has 0 radical (unpaired) electrons. The number of ether oxygens (including phenoxy) is 1. The number of nitrogens with zero attached hydrogens (tertiary/aromatic N) is 1. The highest BCUT2D eigenvalue weighted by Gasteiger charge is 2.22. The maximum absolute atomic E-state index is 13.9. The number of morpholine rings is 1. The molecule has 1 aliphatic rings. The van der Waals surface area contributed by atoms with Crippen molar-refractivity contribution in [2.75, 3.05) is 31.6 Å². The molecule has 0 spiro atoms. The summed E-state index contributed by atoms with van der Waals surface area (Å²) in [5.74, 6) is -1.56. The average Bonchev–Trinajstić information content (AvgIpc) is 2.62. The monoisotopic (exact) mass is 362 g/mol. The predicted octanol–water partition coefficient (Wildman–Crippen LogP) is 3.20. The number of hydrogen-bond donors (Lipinski definition) is 1. The second kappa shape index (κ2) is 7.63. The largest absolute Gasteiger partial charge is 0.378 e. The van der Waals surface area contributed by atoms with Gasteiger partial charge in [0.1, 0.15) is 5.82 Å². The summed E-state index contributed by atoms with van der Waals surface area (Å²) in [6, 6.07) is 10.5. The first-order valence-corrected chi connectivity index (χ1v) is 8.16. The standard InChI is InChI=1S/C18H16ClFN2O3/c19-12-5-6-13(15(20)11-12)17(23)21-16-4-2-1-3-14(16)18(24)22-7-9-25-10-8-22/h1-6,11H,7-10H2,(H,21,23). The summed E-state index contributed by atoms with van der Waals surface area (Å²) in [5.41, 5.74) is 0.545. The van der Waals surface area contributed by atoms with Crippen LogP contribution in [-0.2, 0) is 4.74 Å². The molecule has 7 heteroatoms. The van der Waals surface area contributed by atoms with E-state index in [2.05, 4.69) is 5.32 Å². The molecule has 2 amide bonds. The third kappa shape index (κ3) is 3.97. The van der Waals surface area contributed by atoms with Crippen LogP contribution in [0.4, 0.5) is 10.1 Å². The average molecular weight is 363 g/mol. The molecule has 25 heavy (non-hydrogen) atoms. The molecular formula is C18H16ClFN2O3. The van der Waals surface area contributed by atoms with Gasteiger partial charge >= 0.3 is 0 Å². The Balaban J connectivity index is 1.83. The Morgan fingerprint density at radius 1 is 1.08 bits per heavy atom. The van der Waals surface area contributed by atoms with Crippen molar-refractivity contribution in [2.24, 2.45) is 0 Å². The van der Waals surface area contributed by atoms with Gasteiger partial charge in [0.25, 0.3) is 11.8 Å². The number of benzene rings is 2. The van der Waals surface area contributed by atoms with E-state index in [4.69, 9.17) is 16.3 Å². The number of halogens is 2. The topological polar surface area (TPSA) is 58.6 Å². The molecule has 1 N–H and O–H groups in total. The van der Waals surface area contributed by atoms with Gasteiger partial charge in [-0.05, 0) is 30.3 Å². The minimum Gasteiger partial charge on any atom is -0.378 e. The van der Waals surface area contributed by atoms with E-state index >= 15 is 0 Å².